The van der Waals surface area contributed by atoms with Gasteiger partial charge in [0.2, 0.25) is 5.91 Å². The SMILES string of the molecule is O=C(OCC(=O)N1CCCC1=O)c1ccccc1Cc1ccccc1. The van der Waals surface area contributed by atoms with Crippen LogP contribution in [0, 0.1) is 0 Å². The fourth-order valence-corrected chi connectivity index (χ4v) is 2.88. The zero-order valence-corrected chi connectivity index (χ0v) is 13.8. The summed E-state index contributed by atoms with van der Waals surface area (Å²) < 4.78 is 5.15. The van der Waals surface area contributed by atoms with Crippen molar-refractivity contribution in [3.63, 3.8) is 0 Å². The molecule has 0 saturated carbocycles. The van der Waals surface area contributed by atoms with Crippen LogP contribution in [0.1, 0.15) is 34.3 Å². The van der Waals surface area contributed by atoms with Crippen LogP contribution in [0.15, 0.2) is 54.6 Å². The number of amides is 2. The summed E-state index contributed by atoms with van der Waals surface area (Å²) >= 11 is 0. The van der Waals surface area contributed by atoms with Gasteiger partial charge < -0.3 is 4.74 Å². The minimum absolute atomic E-state index is 0.203. The Bertz CT molecular complexity index is 785. The van der Waals surface area contributed by atoms with Crippen LogP contribution in [0.4, 0.5) is 0 Å². The van der Waals surface area contributed by atoms with E-state index in [-0.39, 0.29) is 5.91 Å². The molecule has 0 aromatic heterocycles. The molecule has 1 heterocycles. The van der Waals surface area contributed by atoms with Gasteiger partial charge >= 0.3 is 5.97 Å². The van der Waals surface area contributed by atoms with Gasteiger partial charge in [-0.05, 0) is 30.0 Å². The quantitative estimate of drug-likeness (QED) is 0.787. The Hall–Kier alpha value is -2.95. The minimum atomic E-state index is -0.550. The predicted octanol–water partition coefficient (Wildman–Crippen LogP) is 2.58. The molecule has 0 unspecified atom stereocenters. The van der Waals surface area contributed by atoms with Gasteiger partial charge in [-0.2, -0.15) is 0 Å². The van der Waals surface area contributed by atoms with Crippen molar-refractivity contribution >= 4 is 17.8 Å². The first-order chi connectivity index (χ1) is 12.1. The van der Waals surface area contributed by atoms with Crippen LogP contribution in [-0.4, -0.2) is 35.8 Å². The smallest absolute Gasteiger partial charge is 0.338 e. The highest BCUT2D eigenvalue weighted by atomic mass is 16.5. The second-order valence-electron chi connectivity index (χ2n) is 5.94. The molecule has 25 heavy (non-hydrogen) atoms. The van der Waals surface area contributed by atoms with E-state index in [1.807, 2.05) is 42.5 Å². The molecular formula is C20H19NO4. The highest BCUT2D eigenvalue weighted by Crippen LogP contribution is 2.16. The first-order valence-electron chi connectivity index (χ1n) is 8.27. The van der Waals surface area contributed by atoms with Gasteiger partial charge in [-0.3, -0.25) is 14.5 Å². The van der Waals surface area contributed by atoms with E-state index in [1.165, 1.54) is 0 Å². The van der Waals surface area contributed by atoms with E-state index in [0.717, 1.165) is 16.0 Å². The lowest BCUT2D eigenvalue weighted by molar-refractivity contribution is -0.143. The lowest BCUT2D eigenvalue weighted by Gasteiger charge is -2.14. The normalized spacial score (nSPS) is 13.8. The van der Waals surface area contributed by atoms with Crippen LogP contribution >= 0.6 is 0 Å². The number of hydrogen-bond acceptors (Lipinski definition) is 4. The first kappa shape index (κ1) is 16.9. The van der Waals surface area contributed by atoms with Crippen molar-refractivity contribution in [2.24, 2.45) is 0 Å². The van der Waals surface area contributed by atoms with Crippen molar-refractivity contribution in [3.8, 4) is 0 Å². The molecule has 1 aliphatic rings. The summed E-state index contributed by atoms with van der Waals surface area (Å²) in [4.78, 5) is 37.1. The average Bonchev–Trinajstić information content (AvgIpc) is 3.07. The van der Waals surface area contributed by atoms with Crippen LogP contribution in [0.5, 0.6) is 0 Å². The van der Waals surface area contributed by atoms with Crippen molar-refractivity contribution in [1.82, 2.24) is 4.90 Å². The van der Waals surface area contributed by atoms with Crippen molar-refractivity contribution < 1.29 is 19.1 Å². The number of rotatable bonds is 5. The Morgan fingerprint density at radius 3 is 2.44 bits per heavy atom. The Morgan fingerprint density at radius 2 is 1.72 bits per heavy atom. The van der Waals surface area contributed by atoms with E-state index in [0.29, 0.717) is 31.4 Å². The molecule has 0 N–H and O–H groups in total. The molecule has 0 radical (unpaired) electrons. The largest absolute Gasteiger partial charge is 0.452 e. The zero-order chi connectivity index (χ0) is 17.6. The molecule has 2 aromatic carbocycles. The summed E-state index contributed by atoms with van der Waals surface area (Å²) in [7, 11) is 0. The maximum Gasteiger partial charge on any atom is 0.338 e. The topological polar surface area (TPSA) is 63.7 Å². The van der Waals surface area contributed by atoms with Crippen LogP contribution < -0.4 is 0 Å². The van der Waals surface area contributed by atoms with Gasteiger partial charge in [0.1, 0.15) is 0 Å². The molecule has 3 rings (SSSR count). The number of imide groups is 1. The zero-order valence-electron chi connectivity index (χ0n) is 13.8. The van der Waals surface area contributed by atoms with Crippen LogP contribution in [0.3, 0.4) is 0 Å². The van der Waals surface area contributed by atoms with E-state index in [2.05, 4.69) is 0 Å². The Labute approximate surface area is 146 Å². The van der Waals surface area contributed by atoms with Gasteiger partial charge in [0, 0.05) is 13.0 Å². The molecule has 0 bridgehead atoms. The number of ether oxygens (including phenoxy) is 1. The molecule has 5 heteroatoms. The third-order valence-corrected chi connectivity index (χ3v) is 4.18. The number of esters is 1. The molecule has 2 aromatic rings. The molecule has 1 saturated heterocycles. The second-order valence-corrected chi connectivity index (χ2v) is 5.94. The molecule has 0 atom stereocenters. The Balaban J connectivity index is 1.66. The monoisotopic (exact) mass is 337 g/mol. The second kappa shape index (κ2) is 7.75. The first-order valence-corrected chi connectivity index (χ1v) is 8.27. The highest BCUT2D eigenvalue weighted by Gasteiger charge is 2.27. The molecule has 2 amide bonds. The summed E-state index contributed by atoms with van der Waals surface area (Å²) in [5.74, 6) is -1.21. The number of likely N-dealkylation sites (tertiary alicyclic amines) is 1. The molecule has 0 spiro atoms. The van der Waals surface area contributed by atoms with Crippen LogP contribution in [-0.2, 0) is 20.7 Å². The van der Waals surface area contributed by atoms with Crippen molar-refractivity contribution in [2.45, 2.75) is 19.3 Å². The van der Waals surface area contributed by atoms with Crippen molar-refractivity contribution in [3.05, 3.63) is 71.3 Å². The van der Waals surface area contributed by atoms with E-state index >= 15 is 0 Å². The van der Waals surface area contributed by atoms with E-state index in [4.69, 9.17) is 4.74 Å². The van der Waals surface area contributed by atoms with Gasteiger partial charge in [0.25, 0.3) is 5.91 Å². The fourth-order valence-electron chi connectivity index (χ4n) is 2.88. The molecule has 1 aliphatic heterocycles. The van der Waals surface area contributed by atoms with E-state index in [1.54, 1.807) is 12.1 Å². The summed E-state index contributed by atoms with van der Waals surface area (Å²) in [6.07, 6.45) is 1.64. The summed E-state index contributed by atoms with van der Waals surface area (Å²) in [6.45, 7) is -0.00987. The number of benzene rings is 2. The number of hydrogen-bond donors (Lipinski definition) is 0. The van der Waals surface area contributed by atoms with Crippen LogP contribution in [0.25, 0.3) is 0 Å². The molecule has 5 nitrogen and oxygen atoms in total. The third kappa shape index (κ3) is 4.12. The fraction of sp³-hybridized carbons (Fsp3) is 0.250. The van der Waals surface area contributed by atoms with Crippen molar-refractivity contribution in [1.29, 1.82) is 0 Å². The van der Waals surface area contributed by atoms with Gasteiger partial charge in [0.15, 0.2) is 6.61 Å². The maximum absolute atomic E-state index is 12.4. The standard InChI is InChI=1S/C20H19NO4/c22-18-11-6-12-21(18)19(23)14-25-20(24)17-10-5-4-9-16(17)13-15-7-2-1-3-8-15/h1-5,7-10H,6,11-14H2. The molecule has 1 fully saturated rings. The van der Waals surface area contributed by atoms with Gasteiger partial charge in [-0.25, -0.2) is 4.79 Å². The van der Waals surface area contributed by atoms with Gasteiger partial charge in [-0.1, -0.05) is 48.5 Å². The van der Waals surface area contributed by atoms with Crippen molar-refractivity contribution in [2.75, 3.05) is 13.2 Å². The molecular weight excluding hydrogens is 318 g/mol. The molecule has 0 aliphatic carbocycles. The van der Waals surface area contributed by atoms with Gasteiger partial charge in [-0.15, -0.1) is 0 Å². The van der Waals surface area contributed by atoms with Crippen LogP contribution in [0.2, 0.25) is 0 Å². The summed E-state index contributed by atoms with van der Waals surface area (Å²) in [6, 6.07) is 17.0. The highest BCUT2D eigenvalue weighted by molar-refractivity contribution is 5.99. The summed E-state index contributed by atoms with van der Waals surface area (Å²) in [5.41, 5.74) is 2.36. The lowest BCUT2D eigenvalue weighted by atomic mass is 10.00. The third-order valence-electron chi connectivity index (χ3n) is 4.18. The lowest BCUT2D eigenvalue weighted by Crippen LogP contribution is -2.35. The van der Waals surface area contributed by atoms with E-state index in [9.17, 15) is 14.4 Å². The average molecular weight is 337 g/mol. The Kier molecular flexibility index (Phi) is 5.23. The molecule has 128 valence electrons. The van der Waals surface area contributed by atoms with E-state index < -0.39 is 18.5 Å². The summed E-state index contributed by atoms with van der Waals surface area (Å²) in [5, 5.41) is 0. The maximum atomic E-state index is 12.4. The predicted molar refractivity (Wildman–Crippen MR) is 91.9 cm³/mol. The minimum Gasteiger partial charge on any atom is -0.452 e. The number of carbonyl (C=O) groups is 3. The number of nitrogens with zero attached hydrogens (tertiary/aromatic N) is 1. The van der Waals surface area contributed by atoms with Gasteiger partial charge in [0.05, 0.1) is 5.56 Å². The Morgan fingerprint density at radius 1 is 1.00 bits per heavy atom. The number of carbonyl (C=O) groups excluding carboxylic acids is 3.